The lowest BCUT2D eigenvalue weighted by atomic mass is 10.00. The van der Waals surface area contributed by atoms with Crippen LogP contribution in [0, 0.1) is 13.8 Å². The Morgan fingerprint density at radius 3 is 2.73 bits per heavy atom. The number of benzene rings is 2. The zero-order valence-corrected chi connectivity index (χ0v) is 18.8. The lowest BCUT2D eigenvalue weighted by molar-refractivity contribution is 0.0993. The number of hydrogen-bond donors (Lipinski definition) is 1. The molecule has 0 saturated heterocycles. The molecule has 0 aliphatic heterocycles. The highest BCUT2D eigenvalue weighted by molar-refractivity contribution is 5.97. The summed E-state index contributed by atoms with van der Waals surface area (Å²) in [6.45, 7) is 4.08. The van der Waals surface area contributed by atoms with E-state index in [4.69, 9.17) is 4.98 Å². The normalized spacial score (nSPS) is 11.9. The van der Waals surface area contributed by atoms with Gasteiger partial charge < -0.3 is 5.32 Å². The maximum absolute atomic E-state index is 12.8. The van der Waals surface area contributed by atoms with Crippen LogP contribution in [0.2, 0.25) is 0 Å². The number of allylic oxidation sites excluding steroid dienone is 1. The molecule has 1 aliphatic rings. The highest BCUT2D eigenvalue weighted by Crippen LogP contribution is 2.33. The van der Waals surface area contributed by atoms with Crippen LogP contribution in [0.5, 0.6) is 0 Å². The van der Waals surface area contributed by atoms with E-state index in [9.17, 15) is 4.79 Å². The third-order valence-corrected chi connectivity index (χ3v) is 5.97. The Morgan fingerprint density at radius 2 is 1.91 bits per heavy atom. The summed E-state index contributed by atoms with van der Waals surface area (Å²) in [5.41, 5.74) is 10.0. The molecule has 162 valence electrons. The lowest BCUT2D eigenvalue weighted by Crippen LogP contribution is -2.05. The third-order valence-electron chi connectivity index (χ3n) is 5.97. The van der Waals surface area contributed by atoms with Crippen molar-refractivity contribution >= 4 is 23.2 Å². The fraction of sp³-hybridized carbons (Fsp3) is 0.138. The van der Waals surface area contributed by atoms with Crippen molar-refractivity contribution in [3.05, 3.63) is 113 Å². The van der Waals surface area contributed by atoms with Gasteiger partial charge in [0.05, 0.1) is 11.4 Å². The number of aromatic nitrogens is 2. The van der Waals surface area contributed by atoms with Gasteiger partial charge in [0.2, 0.25) is 0 Å². The molecule has 0 fully saturated rings. The summed E-state index contributed by atoms with van der Waals surface area (Å²) in [5, 5.41) is 3.62. The maximum Gasteiger partial charge on any atom is 0.167 e. The van der Waals surface area contributed by atoms with Crippen LogP contribution < -0.4 is 5.32 Å². The quantitative estimate of drug-likeness (QED) is 0.354. The van der Waals surface area contributed by atoms with Crippen molar-refractivity contribution in [1.82, 2.24) is 9.97 Å². The molecule has 2 heterocycles. The van der Waals surface area contributed by atoms with Gasteiger partial charge in [0, 0.05) is 53.3 Å². The SMILES string of the molecule is Cc1cccc(C(=O)Cc2ccc(C)c(Nc3cc(-c4cccnc4)nc4c3C=CC4)c2)c1. The number of carbonyl (C=O) groups excluding carboxylic acids is 1. The Morgan fingerprint density at radius 1 is 1.00 bits per heavy atom. The first kappa shape index (κ1) is 20.8. The standard InChI is InChI=1S/C29H25N3O/c1-19-6-3-7-22(14-19)29(33)16-21-12-11-20(2)26(15-21)32-28-17-27(23-8-5-13-30-18-23)31-25-10-4-9-24(25)28/h3-9,11-15,17-18H,10,16H2,1-2H3,(H,31,32). The second kappa shape index (κ2) is 8.83. The molecule has 0 atom stereocenters. The molecule has 0 amide bonds. The van der Waals surface area contributed by atoms with E-state index < -0.39 is 0 Å². The number of nitrogens with zero attached hydrogens (tertiary/aromatic N) is 2. The molecule has 4 nitrogen and oxygen atoms in total. The van der Waals surface area contributed by atoms with E-state index in [0.29, 0.717) is 6.42 Å². The summed E-state index contributed by atoms with van der Waals surface area (Å²) in [6.07, 6.45) is 9.06. The highest BCUT2D eigenvalue weighted by Gasteiger charge is 2.16. The van der Waals surface area contributed by atoms with Gasteiger partial charge in [-0.1, -0.05) is 48.0 Å². The fourth-order valence-electron chi connectivity index (χ4n) is 4.17. The van der Waals surface area contributed by atoms with Crippen molar-refractivity contribution < 1.29 is 4.79 Å². The summed E-state index contributed by atoms with van der Waals surface area (Å²) in [5.74, 6) is 0.125. The predicted octanol–water partition coefficient (Wildman–Crippen LogP) is 6.50. The topological polar surface area (TPSA) is 54.9 Å². The number of carbonyl (C=O) groups is 1. The largest absolute Gasteiger partial charge is 0.355 e. The molecule has 1 aliphatic carbocycles. The zero-order valence-electron chi connectivity index (χ0n) is 18.8. The zero-order chi connectivity index (χ0) is 22.8. The van der Waals surface area contributed by atoms with Crippen LogP contribution in [0.15, 0.2) is 79.1 Å². The van der Waals surface area contributed by atoms with E-state index in [1.54, 1.807) is 6.20 Å². The van der Waals surface area contributed by atoms with E-state index in [0.717, 1.165) is 62.6 Å². The minimum atomic E-state index is 0.125. The number of hydrogen-bond acceptors (Lipinski definition) is 4. The molecule has 0 bridgehead atoms. The second-order valence-corrected chi connectivity index (χ2v) is 8.51. The number of anilines is 2. The molecule has 0 unspecified atom stereocenters. The van der Waals surface area contributed by atoms with E-state index in [1.807, 2.05) is 55.6 Å². The highest BCUT2D eigenvalue weighted by atomic mass is 16.1. The van der Waals surface area contributed by atoms with E-state index in [2.05, 4.69) is 47.6 Å². The van der Waals surface area contributed by atoms with Crippen molar-refractivity contribution in [3.63, 3.8) is 0 Å². The van der Waals surface area contributed by atoms with Crippen LogP contribution >= 0.6 is 0 Å². The summed E-state index contributed by atoms with van der Waals surface area (Å²) >= 11 is 0. The first-order chi connectivity index (χ1) is 16.1. The molecule has 4 aromatic rings. The van der Waals surface area contributed by atoms with Crippen molar-refractivity contribution in [1.29, 1.82) is 0 Å². The Balaban J connectivity index is 1.45. The molecule has 2 aromatic carbocycles. The number of rotatable bonds is 6. The van der Waals surface area contributed by atoms with E-state index >= 15 is 0 Å². The number of fused-ring (bicyclic) bond motifs is 1. The van der Waals surface area contributed by atoms with Crippen molar-refractivity contribution in [3.8, 4) is 11.3 Å². The molecule has 33 heavy (non-hydrogen) atoms. The average Bonchev–Trinajstić information content (AvgIpc) is 3.31. The van der Waals surface area contributed by atoms with Gasteiger partial charge >= 0.3 is 0 Å². The van der Waals surface area contributed by atoms with Crippen LogP contribution in [-0.4, -0.2) is 15.8 Å². The van der Waals surface area contributed by atoms with Crippen LogP contribution in [0.3, 0.4) is 0 Å². The smallest absolute Gasteiger partial charge is 0.167 e. The molecular weight excluding hydrogens is 406 g/mol. The number of nitrogens with one attached hydrogen (secondary N) is 1. The molecule has 0 saturated carbocycles. The Bertz CT molecular complexity index is 1370. The van der Waals surface area contributed by atoms with Crippen LogP contribution in [0.25, 0.3) is 17.3 Å². The summed E-state index contributed by atoms with van der Waals surface area (Å²) in [4.78, 5) is 21.9. The van der Waals surface area contributed by atoms with Gasteiger partial charge in [-0.3, -0.25) is 14.8 Å². The van der Waals surface area contributed by atoms with E-state index in [-0.39, 0.29) is 5.78 Å². The molecular formula is C29H25N3O. The van der Waals surface area contributed by atoms with Crippen molar-refractivity contribution in [2.75, 3.05) is 5.32 Å². The molecule has 1 N–H and O–H groups in total. The number of aryl methyl sites for hydroxylation is 2. The van der Waals surface area contributed by atoms with Crippen molar-refractivity contribution in [2.45, 2.75) is 26.7 Å². The van der Waals surface area contributed by atoms with Gasteiger partial charge in [-0.05, 0) is 55.3 Å². The second-order valence-electron chi connectivity index (χ2n) is 8.51. The predicted molar refractivity (Wildman–Crippen MR) is 134 cm³/mol. The van der Waals surface area contributed by atoms with Gasteiger partial charge in [-0.25, -0.2) is 0 Å². The number of pyridine rings is 2. The van der Waals surface area contributed by atoms with Crippen LogP contribution in [0.4, 0.5) is 11.4 Å². The van der Waals surface area contributed by atoms with Gasteiger partial charge in [-0.15, -0.1) is 0 Å². The van der Waals surface area contributed by atoms with Crippen LogP contribution in [-0.2, 0) is 12.8 Å². The molecule has 5 rings (SSSR count). The minimum absolute atomic E-state index is 0.125. The lowest BCUT2D eigenvalue weighted by Gasteiger charge is -2.16. The van der Waals surface area contributed by atoms with Gasteiger partial charge in [0.15, 0.2) is 5.78 Å². The Kier molecular flexibility index (Phi) is 5.57. The number of ketones is 1. The van der Waals surface area contributed by atoms with Gasteiger partial charge in [0.1, 0.15) is 0 Å². The first-order valence-corrected chi connectivity index (χ1v) is 11.1. The maximum atomic E-state index is 12.8. The fourth-order valence-corrected chi connectivity index (χ4v) is 4.17. The summed E-state index contributed by atoms with van der Waals surface area (Å²) in [7, 11) is 0. The Hall–Kier alpha value is -4.05. The van der Waals surface area contributed by atoms with Crippen LogP contribution in [0.1, 0.15) is 38.3 Å². The van der Waals surface area contributed by atoms with Gasteiger partial charge in [-0.2, -0.15) is 0 Å². The molecule has 0 radical (unpaired) electrons. The van der Waals surface area contributed by atoms with Gasteiger partial charge in [0.25, 0.3) is 0 Å². The molecule has 2 aromatic heterocycles. The average molecular weight is 432 g/mol. The third kappa shape index (κ3) is 4.46. The Labute approximate surface area is 194 Å². The van der Waals surface area contributed by atoms with Crippen molar-refractivity contribution in [2.24, 2.45) is 0 Å². The molecule has 0 spiro atoms. The minimum Gasteiger partial charge on any atom is -0.355 e. The summed E-state index contributed by atoms with van der Waals surface area (Å²) in [6, 6.07) is 20.0. The van der Waals surface area contributed by atoms with E-state index in [1.165, 1.54) is 0 Å². The first-order valence-electron chi connectivity index (χ1n) is 11.1. The molecule has 4 heteroatoms. The summed E-state index contributed by atoms with van der Waals surface area (Å²) < 4.78 is 0. The number of Topliss-reactive ketones (excluding diaryl/α,β-unsaturated/α-hetero) is 1. The monoisotopic (exact) mass is 431 g/mol.